The molecule has 7 nitrogen and oxygen atoms in total. The number of hydrogen-bond donors (Lipinski definition) is 3. The highest BCUT2D eigenvalue weighted by Gasteiger charge is 2.14. The summed E-state index contributed by atoms with van der Waals surface area (Å²) >= 11 is 0. The van der Waals surface area contributed by atoms with Crippen LogP contribution in [0.3, 0.4) is 0 Å². The maximum Gasteiger partial charge on any atom is 0.269 e. The Morgan fingerprint density at radius 3 is 2.03 bits per heavy atom. The van der Waals surface area contributed by atoms with Crippen molar-refractivity contribution in [2.45, 2.75) is 18.7 Å². The summed E-state index contributed by atoms with van der Waals surface area (Å²) in [4.78, 5) is 24.7. The van der Waals surface area contributed by atoms with Crippen LogP contribution >= 0.6 is 0 Å². The van der Waals surface area contributed by atoms with Crippen LogP contribution in [-0.2, 0) is 10.0 Å². The average molecular weight is 423 g/mol. The van der Waals surface area contributed by atoms with Gasteiger partial charge in [0.05, 0.1) is 4.90 Å². The molecule has 2 amide bonds. The van der Waals surface area contributed by atoms with E-state index in [0.29, 0.717) is 11.3 Å². The van der Waals surface area contributed by atoms with Crippen LogP contribution in [-0.4, -0.2) is 20.2 Å². The van der Waals surface area contributed by atoms with E-state index in [0.717, 1.165) is 11.1 Å². The van der Waals surface area contributed by atoms with Gasteiger partial charge in [0.2, 0.25) is 0 Å². The fourth-order valence-electron chi connectivity index (χ4n) is 2.82. The third-order valence-electron chi connectivity index (χ3n) is 4.37. The van der Waals surface area contributed by atoms with Crippen LogP contribution < -0.4 is 15.6 Å². The molecular formula is C22H21N3O4S. The van der Waals surface area contributed by atoms with Gasteiger partial charge in [-0.05, 0) is 61.9 Å². The Morgan fingerprint density at radius 2 is 1.40 bits per heavy atom. The predicted octanol–water partition coefficient (Wildman–Crippen LogP) is 3.18. The third kappa shape index (κ3) is 5.03. The van der Waals surface area contributed by atoms with Crippen molar-refractivity contribution in [3.05, 3.63) is 95.1 Å². The summed E-state index contributed by atoms with van der Waals surface area (Å²) in [5.74, 6) is -0.946. The van der Waals surface area contributed by atoms with Gasteiger partial charge in [-0.3, -0.25) is 25.2 Å². The Balaban J connectivity index is 1.62. The Hall–Kier alpha value is -3.65. The smallest absolute Gasteiger partial charge is 0.269 e. The molecule has 8 heteroatoms. The maximum atomic E-state index is 12.3. The molecule has 0 radical (unpaired) electrons. The number of aryl methyl sites for hydroxylation is 2. The lowest BCUT2D eigenvalue weighted by Crippen LogP contribution is -2.41. The number of rotatable bonds is 5. The SMILES string of the molecule is Cc1ccc(C(=O)NNC(=O)c2ccc(NS(=O)(=O)c3ccccc3)cc2)c(C)c1. The lowest BCUT2D eigenvalue weighted by Gasteiger charge is -2.11. The number of nitrogens with one attached hydrogen (secondary N) is 3. The van der Waals surface area contributed by atoms with Crippen molar-refractivity contribution in [2.75, 3.05) is 4.72 Å². The second kappa shape index (κ2) is 8.79. The average Bonchev–Trinajstić information content (AvgIpc) is 2.72. The molecule has 3 aromatic carbocycles. The zero-order chi connectivity index (χ0) is 21.7. The fraction of sp³-hybridized carbons (Fsp3) is 0.0909. The van der Waals surface area contributed by atoms with Gasteiger partial charge < -0.3 is 0 Å². The Bertz CT molecular complexity index is 1170. The minimum absolute atomic E-state index is 0.140. The van der Waals surface area contributed by atoms with Gasteiger partial charge in [0.15, 0.2) is 0 Å². The van der Waals surface area contributed by atoms with Crippen molar-refractivity contribution in [1.82, 2.24) is 10.9 Å². The quantitative estimate of drug-likeness (QED) is 0.548. The number of anilines is 1. The van der Waals surface area contributed by atoms with E-state index >= 15 is 0 Å². The Kier molecular flexibility index (Phi) is 6.17. The second-order valence-corrected chi connectivity index (χ2v) is 8.40. The summed E-state index contributed by atoms with van der Waals surface area (Å²) in [7, 11) is -3.71. The molecule has 0 heterocycles. The van der Waals surface area contributed by atoms with Crippen molar-refractivity contribution < 1.29 is 18.0 Å². The van der Waals surface area contributed by atoms with Gasteiger partial charge in [-0.15, -0.1) is 0 Å². The van der Waals surface area contributed by atoms with Crippen LogP contribution in [0, 0.1) is 13.8 Å². The van der Waals surface area contributed by atoms with Crippen molar-refractivity contribution in [2.24, 2.45) is 0 Å². The molecule has 0 aliphatic carbocycles. The molecule has 0 unspecified atom stereocenters. The number of hydrazine groups is 1. The Morgan fingerprint density at radius 1 is 0.767 bits per heavy atom. The maximum absolute atomic E-state index is 12.3. The summed E-state index contributed by atoms with van der Waals surface area (Å²) in [5.41, 5.74) is 7.62. The molecule has 0 fully saturated rings. The van der Waals surface area contributed by atoms with Crippen LogP contribution in [0.5, 0.6) is 0 Å². The molecule has 0 aliphatic heterocycles. The molecule has 3 rings (SSSR count). The van der Waals surface area contributed by atoms with Gasteiger partial charge in [0.1, 0.15) is 0 Å². The summed E-state index contributed by atoms with van der Waals surface area (Å²) in [5, 5.41) is 0. The van der Waals surface area contributed by atoms with E-state index in [-0.39, 0.29) is 10.5 Å². The molecule has 0 saturated heterocycles. The lowest BCUT2D eigenvalue weighted by molar-refractivity contribution is 0.0846. The molecule has 0 atom stereocenters. The molecule has 0 aromatic heterocycles. The number of sulfonamides is 1. The largest absolute Gasteiger partial charge is 0.280 e. The summed E-state index contributed by atoms with van der Waals surface area (Å²) in [6.45, 7) is 3.75. The highest BCUT2D eigenvalue weighted by atomic mass is 32.2. The highest BCUT2D eigenvalue weighted by Crippen LogP contribution is 2.16. The lowest BCUT2D eigenvalue weighted by atomic mass is 10.1. The molecule has 3 N–H and O–H groups in total. The molecule has 0 spiro atoms. The minimum Gasteiger partial charge on any atom is -0.280 e. The first-order valence-corrected chi connectivity index (χ1v) is 10.6. The van der Waals surface area contributed by atoms with E-state index in [4.69, 9.17) is 0 Å². The van der Waals surface area contributed by atoms with E-state index in [1.54, 1.807) is 24.3 Å². The van der Waals surface area contributed by atoms with E-state index < -0.39 is 21.8 Å². The number of carbonyl (C=O) groups is 2. The van der Waals surface area contributed by atoms with Gasteiger partial charge in [-0.25, -0.2) is 8.42 Å². The van der Waals surface area contributed by atoms with Gasteiger partial charge in [-0.1, -0.05) is 35.9 Å². The molecule has 0 saturated carbocycles. The van der Waals surface area contributed by atoms with Crippen LogP contribution in [0.2, 0.25) is 0 Å². The molecular weight excluding hydrogens is 402 g/mol. The first-order chi connectivity index (χ1) is 14.3. The molecule has 3 aromatic rings. The first-order valence-electron chi connectivity index (χ1n) is 9.12. The third-order valence-corrected chi connectivity index (χ3v) is 5.77. The summed E-state index contributed by atoms with van der Waals surface area (Å²) in [6.07, 6.45) is 0. The van der Waals surface area contributed by atoms with Crippen LogP contribution in [0.15, 0.2) is 77.7 Å². The van der Waals surface area contributed by atoms with Crippen LogP contribution in [0.25, 0.3) is 0 Å². The predicted molar refractivity (Wildman–Crippen MR) is 115 cm³/mol. The fourth-order valence-corrected chi connectivity index (χ4v) is 3.90. The van der Waals surface area contributed by atoms with Gasteiger partial charge in [0, 0.05) is 16.8 Å². The van der Waals surface area contributed by atoms with E-state index in [1.807, 2.05) is 26.0 Å². The van der Waals surface area contributed by atoms with Crippen molar-refractivity contribution in [1.29, 1.82) is 0 Å². The number of amides is 2. The normalized spacial score (nSPS) is 10.9. The topological polar surface area (TPSA) is 104 Å². The summed E-state index contributed by atoms with van der Waals surface area (Å²) < 4.78 is 27.1. The van der Waals surface area contributed by atoms with Crippen LogP contribution in [0.1, 0.15) is 31.8 Å². The van der Waals surface area contributed by atoms with Gasteiger partial charge in [0.25, 0.3) is 21.8 Å². The number of hydrogen-bond acceptors (Lipinski definition) is 4. The standard InChI is InChI=1S/C22H21N3O4S/c1-15-8-13-20(16(2)14-15)22(27)24-23-21(26)17-9-11-18(12-10-17)25-30(28,29)19-6-4-3-5-7-19/h3-14,25H,1-2H3,(H,23,26)(H,24,27). The van der Waals surface area contributed by atoms with Crippen molar-refractivity contribution in [3.8, 4) is 0 Å². The zero-order valence-electron chi connectivity index (χ0n) is 16.5. The highest BCUT2D eigenvalue weighted by molar-refractivity contribution is 7.92. The van der Waals surface area contributed by atoms with Crippen molar-refractivity contribution >= 4 is 27.5 Å². The number of carbonyl (C=O) groups excluding carboxylic acids is 2. The van der Waals surface area contributed by atoms with Gasteiger partial charge in [-0.2, -0.15) is 0 Å². The first kappa shape index (κ1) is 21.1. The van der Waals surface area contributed by atoms with Gasteiger partial charge >= 0.3 is 0 Å². The number of benzene rings is 3. The van der Waals surface area contributed by atoms with E-state index in [9.17, 15) is 18.0 Å². The molecule has 0 bridgehead atoms. The monoisotopic (exact) mass is 423 g/mol. The Labute approximate surface area is 175 Å². The molecule has 154 valence electrons. The zero-order valence-corrected chi connectivity index (χ0v) is 17.3. The minimum atomic E-state index is -3.71. The molecule has 0 aliphatic rings. The van der Waals surface area contributed by atoms with Crippen molar-refractivity contribution in [3.63, 3.8) is 0 Å². The summed E-state index contributed by atoms with van der Waals surface area (Å²) in [6, 6.07) is 19.2. The molecule has 30 heavy (non-hydrogen) atoms. The second-order valence-electron chi connectivity index (χ2n) is 6.72. The van der Waals surface area contributed by atoms with E-state index in [1.165, 1.54) is 36.4 Å². The van der Waals surface area contributed by atoms with Crippen LogP contribution in [0.4, 0.5) is 5.69 Å². The van der Waals surface area contributed by atoms with E-state index in [2.05, 4.69) is 15.6 Å².